The second-order valence-electron chi connectivity index (χ2n) is 9.18. The van der Waals surface area contributed by atoms with Crippen LogP contribution in [-0.2, 0) is 6.54 Å². The van der Waals surface area contributed by atoms with Crippen molar-refractivity contribution in [2.75, 3.05) is 52.9 Å². The van der Waals surface area contributed by atoms with Gasteiger partial charge >= 0.3 is 0 Å². The van der Waals surface area contributed by atoms with Crippen molar-refractivity contribution in [2.45, 2.75) is 39.7 Å². The third kappa shape index (κ3) is 7.02. The van der Waals surface area contributed by atoms with Crippen LogP contribution in [0.4, 0.5) is 4.39 Å². The molecule has 2 aliphatic rings. The lowest BCUT2D eigenvalue weighted by Gasteiger charge is -2.37. The number of piperazine rings is 1. The van der Waals surface area contributed by atoms with Gasteiger partial charge in [-0.05, 0) is 62.1 Å². The van der Waals surface area contributed by atoms with Gasteiger partial charge in [0.1, 0.15) is 5.82 Å². The molecule has 1 saturated heterocycles. The molecule has 1 N–H and O–H groups in total. The number of halogens is 1. The molecule has 180 valence electrons. The number of nitrogens with one attached hydrogen (secondary N) is 1. The molecule has 0 aliphatic carbocycles. The second kappa shape index (κ2) is 12.1. The van der Waals surface area contributed by atoms with Crippen LogP contribution in [0.5, 0.6) is 0 Å². The number of amidine groups is 1. The van der Waals surface area contributed by atoms with Crippen LogP contribution in [0.3, 0.4) is 0 Å². The lowest BCUT2D eigenvalue weighted by molar-refractivity contribution is 0.175. The summed E-state index contributed by atoms with van der Waals surface area (Å²) in [4.78, 5) is 12.4. The highest BCUT2D eigenvalue weighted by Gasteiger charge is 2.23. The van der Waals surface area contributed by atoms with E-state index in [2.05, 4.69) is 40.1 Å². The van der Waals surface area contributed by atoms with Crippen LogP contribution in [0.1, 0.15) is 37.3 Å². The summed E-state index contributed by atoms with van der Waals surface area (Å²) in [5.41, 5.74) is 5.63. The van der Waals surface area contributed by atoms with E-state index in [4.69, 9.17) is 4.99 Å². The number of likely N-dealkylation sites (N-methyl/N-ethyl adjacent to an activating group) is 1. The Morgan fingerprint density at radius 1 is 1.15 bits per heavy atom. The van der Waals surface area contributed by atoms with Crippen LogP contribution in [0.2, 0.25) is 0 Å². The highest BCUT2D eigenvalue weighted by molar-refractivity contribution is 5.98. The normalized spacial score (nSPS) is 18.5. The first-order valence-corrected chi connectivity index (χ1v) is 12.1. The number of rotatable bonds is 9. The van der Waals surface area contributed by atoms with Gasteiger partial charge in [-0.15, -0.1) is 6.58 Å². The zero-order chi connectivity index (χ0) is 23.8. The Kier molecular flexibility index (Phi) is 9.27. The maximum atomic E-state index is 13.4. The minimum Gasteiger partial charge on any atom is -0.386 e. The SMILES string of the molecule is C=CCCCN1CCC(/N=C(\C(=C)NC)N2CCN(Cc3ccc(F)cc3C)CC2)=C(C)C1. The standard InChI is InChI=1S/C27H40FN5/c1-6-7-8-12-31-13-11-26(22(3)19-31)30-27(23(4)29-5)33-16-14-32(15-17-33)20-24-9-10-25(28)18-21(24)2/h6,9-10,18,29H,1,4,7-8,11-17,19-20H2,2-3,5H3/b30-27+. The maximum absolute atomic E-state index is 13.4. The smallest absolute Gasteiger partial charge is 0.151 e. The molecule has 1 aromatic carbocycles. The fourth-order valence-electron chi connectivity index (χ4n) is 4.55. The first kappa shape index (κ1) is 25.2. The minimum absolute atomic E-state index is 0.167. The number of benzene rings is 1. The van der Waals surface area contributed by atoms with Crippen molar-refractivity contribution in [3.8, 4) is 0 Å². The van der Waals surface area contributed by atoms with Crippen LogP contribution in [0.25, 0.3) is 0 Å². The van der Waals surface area contributed by atoms with Crippen molar-refractivity contribution in [2.24, 2.45) is 4.99 Å². The van der Waals surface area contributed by atoms with Crippen LogP contribution in [-0.4, -0.2) is 73.4 Å². The van der Waals surface area contributed by atoms with Gasteiger partial charge in [0.2, 0.25) is 0 Å². The predicted molar refractivity (Wildman–Crippen MR) is 137 cm³/mol. The van der Waals surface area contributed by atoms with Gasteiger partial charge in [-0.1, -0.05) is 18.7 Å². The molecule has 3 rings (SSSR count). The molecule has 1 fully saturated rings. The molecule has 0 aromatic heterocycles. The Bertz CT molecular complexity index is 896. The summed E-state index contributed by atoms with van der Waals surface area (Å²) in [5.74, 6) is 0.796. The van der Waals surface area contributed by atoms with Crippen LogP contribution in [0, 0.1) is 12.7 Å². The molecule has 0 spiro atoms. The van der Waals surface area contributed by atoms with Gasteiger partial charge in [0, 0.05) is 65.0 Å². The summed E-state index contributed by atoms with van der Waals surface area (Å²) in [6.07, 6.45) is 5.21. The number of aliphatic imine (C=N–C) groups is 1. The van der Waals surface area contributed by atoms with E-state index in [1.165, 1.54) is 23.3 Å². The lowest BCUT2D eigenvalue weighted by atomic mass is 10.1. The van der Waals surface area contributed by atoms with Crippen molar-refractivity contribution in [1.82, 2.24) is 20.0 Å². The zero-order valence-electron chi connectivity index (χ0n) is 20.7. The van der Waals surface area contributed by atoms with E-state index in [-0.39, 0.29) is 5.82 Å². The van der Waals surface area contributed by atoms with Gasteiger partial charge in [0.05, 0.1) is 5.70 Å². The van der Waals surface area contributed by atoms with Crippen molar-refractivity contribution >= 4 is 5.84 Å². The van der Waals surface area contributed by atoms with E-state index < -0.39 is 0 Å². The predicted octanol–water partition coefficient (Wildman–Crippen LogP) is 4.33. The number of unbranched alkanes of at least 4 members (excludes halogenated alkanes) is 1. The average Bonchev–Trinajstić information content (AvgIpc) is 2.81. The minimum atomic E-state index is -0.167. The molecule has 33 heavy (non-hydrogen) atoms. The van der Waals surface area contributed by atoms with Gasteiger partial charge in [-0.25, -0.2) is 9.38 Å². The fraction of sp³-hybridized carbons (Fsp3) is 0.519. The van der Waals surface area contributed by atoms with Gasteiger partial charge < -0.3 is 10.2 Å². The molecule has 5 nitrogen and oxygen atoms in total. The molecule has 0 unspecified atom stereocenters. The Labute approximate surface area is 199 Å². The quantitative estimate of drug-likeness (QED) is 0.261. The first-order chi connectivity index (χ1) is 15.9. The molecular weight excluding hydrogens is 413 g/mol. The monoisotopic (exact) mass is 453 g/mol. The summed E-state index contributed by atoms with van der Waals surface area (Å²) in [6, 6.07) is 5.08. The summed E-state index contributed by atoms with van der Waals surface area (Å²) >= 11 is 0. The third-order valence-corrected chi connectivity index (χ3v) is 6.68. The van der Waals surface area contributed by atoms with E-state index in [1.54, 1.807) is 12.1 Å². The van der Waals surface area contributed by atoms with Crippen LogP contribution >= 0.6 is 0 Å². The third-order valence-electron chi connectivity index (χ3n) is 6.68. The molecule has 6 heteroatoms. The van der Waals surface area contributed by atoms with E-state index in [0.717, 1.165) is 82.3 Å². The van der Waals surface area contributed by atoms with Gasteiger partial charge in [-0.3, -0.25) is 9.80 Å². The van der Waals surface area contributed by atoms with Gasteiger partial charge in [0.25, 0.3) is 0 Å². The Morgan fingerprint density at radius 3 is 2.55 bits per heavy atom. The summed E-state index contributed by atoms with van der Waals surface area (Å²) in [6.45, 7) is 20.0. The van der Waals surface area contributed by atoms with Crippen molar-refractivity contribution in [3.05, 3.63) is 71.3 Å². The first-order valence-electron chi connectivity index (χ1n) is 12.1. The number of nitrogens with zero attached hydrogens (tertiary/aromatic N) is 4. The number of allylic oxidation sites excluding steroid dienone is 1. The number of hydrogen-bond acceptors (Lipinski definition) is 4. The van der Waals surface area contributed by atoms with E-state index in [1.807, 2.05) is 26.1 Å². The highest BCUT2D eigenvalue weighted by Crippen LogP contribution is 2.21. The number of hydrogen-bond donors (Lipinski definition) is 1. The summed E-state index contributed by atoms with van der Waals surface area (Å²) < 4.78 is 13.4. The number of aryl methyl sites for hydroxylation is 1. The van der Waals surface area contributed by atoms with Crippen molar-refractivity contribution in [3.63, 3.8) is 0 Å². The van der Waals surface area contributed by atoms with Crippen molar-refractivity contribution < 1.29 is 4.39 Å². The average molecular weight is 454 g/mol. The topological polar surface area (TPSA) is 34.1 Å². The van der Waals surface area contributed by atoms with Crippen LogP contribution < -0.4 is 5.32 Å². The van der Waals surface area contributed by atoms with Crippen LogP contribution in [0.15, 0.2) is 59.4 Å². The van der Waals surface area contributed by atoms with E-state index >= 15 is 0 Å². The molecule has 2 aliphatic heterocycles. The highest BCUT2D eigenvalue weighted by atomic mass is 19.1. The molecule has 0 bridgehead atoms. The largest absolute Gasteiger partial charge is 0.386 e. The second-order valence-corrected chi connectivity index (χ2v) is 9.18. The lowest BCUT2D eigenvalue weighted by Crippen LogP contribution is -2.49. The molecule has 0 atom stereocenters. The van der Waals surface area contributed by atoms with E-state index in [0.29, 0.717) is 0 Å². The Morgan fingerprint density at radius 2 is 1.91 bits per heavy atom. The molecule has 0 amide bonds. The maximum Gasteiger partial charge on any atom is 0.151 e. The molecular formula is C27H40FN5. The van der Waals surface area contributed by atoms with Gasteiger partial charge in [0.15, 0.2) is 5.84 Å². The fourth-order valence-corrected chi connectivity index (χ4v) is 4.55. The van der Waals surface area contributed by atoms with Gasteiger partial charge in [-0.2, -0.15) is 0 Å². The Hall–Kier alpha value is -2.44. The van der Waals surface area contributed by atoms with Crippen molar-refractivity contribution in [1.29, 1.82) is 0 Å². The Balaban J connectivity index is 1.64. The zero-order valence-corrected chi connectivity index (χ0v) is 20.7. The summed E-state index contributed by atoms with van der Waals surface area (Å²) in [7, 11) is 1.91. The summed E-state index contributed by atoms with van der Waals surface area (Å²) in [5, 5.41) is 3.22. The van der Waals surface area contributed by atoms with E-state index in [9.17, 15) is 4.39 Å². The molecule has 2 heterocycles. The molecule has 0 radical (unpaired) electrons. The molecule has 1 aromatic rings. The molecule has 0 saturated carbocycles.